The predicted molar refractivity (Wildman–Crippen MR) is 116 cm³/mol. The molecule has 0 aromatic heterocycles. The molecule has 0 saturated heterocycles. The third-order valence-corrected chi connectivity index (χ3v) is 7.69. The van der Waals surface area contributed by atoms with Gasteiger partial charge in [0.2, 0.25) is 5.36 Å². The Morgan fingerprint density at radius 2 is 1.84 bits per heavy atom. The average molecular weight is 537 g/mol. The number of alkyl halides is 3. The Morgan fingerprint density at radius 1 is 1.05 bits per heavy atom. The number of rotatable bonds is 0. The van der Waals surface area contributed by atoms with Crippen molar-refractivity contribution in [3.63, 3.8) is 0 Å². The smallest absolute Gasteiger partial charge is 0.417 e. The zero-order chi connectivity index (χ0) is 26.1. The van der Waals surface area contributed by atoms with E-state index in [0.29, 0.717) is 23.8 Å². The first-order valence-corrected chi connectivity index (χ1v) is 13.5. The summed E-state index contributed by atoms with van der Waals surface area (Å²) in [5.41, 5.74) is 5.21. The highest BCUT2D eigenvalue weighted by Gasteiger charge is 2.43. The van der Waals surface area contributed by atoms with Gasteiger partial charge in [-0.05, 0) is 37.3 Å². The molecule has 0 amide bonds. The Hall–Kier alpha value is -2.63. The molecule has 6 aliphatic rings. The molecule has 0 N–H and O–H groups in total. The standard InChI is InChI=1S/C26H24F3N2O.ClHO4/c27-26(28,29)21-17-6-2-11-31-12-4-8-19(23(17)31)25-20(21)14-16-13-15-5-1-9-30-10-3-7-18(22(15)30)24(16)32-25;2-1(3,4)5/h3,6-7,14H,1-2,4-5,8-13H2;(H,2,3,4,5)/q+1;/p-1. The molecule has 1 aliphatic carbocycles. The summed E-state index contributed by atoms with van der Waals surface area (Å²) in [6, 6.07) is 0. The number of hydrogen-bond acceptors (Lipinski definition) is 6. The van der Waals surface area contributed by atoms with Crippen molar-refractivity contribution in [2.24, 2.45) is 0 Å². The van der Waals surface area contributed by atoms with Gasteiger partial charge in [0.05, 0.1) is 16.3 Å². The molecule has 0 fully saturated rings. The van der Waals surface area contributed by atoms with E-state index in [1.54, 1.807) is 12.2 Å². The SMILES string of the molecule is FC(F)(F)c1c2c(c3c4c1=CCC[N+]=4CCC3)OC1=C3C=CCN4CCCC(=C34)CC1=C2.[O-][Cl+3]([O-])([O-])[O-]. The fourth-order valence-corrected chi connectivity index (χ4v) is 6.52. The second-order valence-electron chi connectivity index (χ2n) is 9.91. The maximum absolute atomic E-state index is 14.5. The third-order valence-electron chi connectivity index (χ3n) is 7.69. The molecule has 5 aliphatic heterocycles. The molecule has 11 heteroatoms. The van der Waals surface area contributed by atoms with Crippen molar-refractivity contribution >= 4 is 12.2 Å². The molecule has 0 unspecified atom stereocenters. The first-order valence-electron chi connectivity index (χ1n) is 12.3. The lowest BCUT2D eigenvalue weighted by Gasteiger charge is -2.41. The molecule has 0 spiro atoms. The number of allylic oxidation sites excluding steroid dienone is 3. The molecule has 0 atom stereocenters. The van der Waals surface area contributed by atoms with E-state index in [4.69, 9.17) is 23.4 Å². The van der Waals surface area contributed by atoms with Crippen molar-refractivity contribution in [3.8, 4) is 5.75 Å². The van der Waals surface area contributed by atoms with Crippen LogP contribution < -0.4 is 38.5 Å². The van der Waals surface area contributed by atoms with Gasteiger partial charge in [-0.15, -0.1) is 10.2 Å². The lowest BCUT2D eigenvalue weighted by molar-refractivity contribution is -2.00. The Kier molecular flexibility index (Phi) is 5.81. The van der Waals surface area contributed by atoms with Crippen LogP contribution in [0.15, 0.2) is 40.3 Å². The Bertz CT molecular complexity index is 1440. The monoisotopic (exact) mass is 536 g/mol. The van der Waals surface area contributed by atoms with Gasteiger partial charge in [-0.25, -0.2) is 23.2 Å². The molecule has 0 bridgehead atoms. The molecule has 1 aromatic carbocycles. The van der Waals surface area contributed by atoms with Crippen LogP contribution in [0.5, 0.6) is 5.75 Å². The van der Waals surface area contributed by atoms with E-state index in [9.17, 15) is 13.2 Å². The number of hydrogen-bond donors (Lipinski definition) is 0. The first kappa shape index (κ1) is 24.7. The minimum absolute atomic E-state index is 0.238. The van der Waals surface area contributed by atoms with Crippen LogP contribution in [-0.4, -0.2) is 31.1 Å². The highest BCUT2D eigenvalue weighted by atomic mass is 35.7. The summed E-state index contributed by atoms with van der Waals surface area (Å²) in [5, 5.41) is 1.12. The van der Waals surface area contributed by atoms with Crippen molar-refractivity contribution in [1.82, 2.24) is 9.48 Å². The van der Waals surface area contributed by atoms with Gasteiger partial charge in [0.15, 0.2) is 0 Å². The Balaban J connectivity index is 0.000000463. The van der Waals surface area contributed by atoms with Crippen LogP contribution in [0.4, 0.5) is 13.2 Å². The fraction of sp³-hybridized carbons (Fsp3) is 0.423. The van der Waals surface area contributed by atoms with Crippen LogP contribution in [0.25, 0.3) is 12.2 Å². The summed E-state index contributed by atoms with van der Waals surface area (Å²) in [5.74, 6) is 1.20. The van der Waals surface area contributed by atoms with Crippen molar-refractivity contribution in [2.45, 2.75) is 44.7 Å². The van der Waals surface area contributed by atoms with Gasteiger partial charge in [0.1, 0.15) is 24.6 Å². The lowest BCUT2D eigenvalue weighted by Crippen LogP contribution is -2.68. The summed E-state index contributed by atoms with van der Waals surface area (Å²) < 4.78 is 86.1. The van der Waals surface area contributed by atoms with E-state index in [-0.39, 0.29) is 5.56 Å². The predicted octanol–water partition coefficient (Wildman–Crippen LogP) is -1.08. The van der Waals surface area contributed by atoms with Crippen LogP contribution in [0, 0.1) is 10.2 Å². The van der Waals surface area contributed by atoms with Crippen molar-refractivity contribution in [3.05, 3.63) is 67.6 Å². The molecular formula is C26H24ClF3N2O5. The third kappa shape index (κ3) is 4.30. The van der Waals surface area contributed by atoms with Crippen LogP contribution >= 0.6 is 0 Å². The lowest BCUT2D eigenvalue weighted by atomic mass is 9.81. The van der Waals surface area contributed by atoms with Crippen LogP contribution in [0.2, 0.25) is 0 Å². The van der Waals surface area contributed by atoms with Gasteiger partial charge in [0, 0.05) is 48.3 Å². The molecule has 1 aromatic rings. The molecular weight excluding hydrogens is 513 g/mol. The van der Waals surface area contributed by atoms with E-state index >= 15 is 0 Å². The topological polar surface area (TPSA) is 108 Å². The summed E-state index contributed by atoms with van der Waals surface area (Å²) >= 11 is 0. The molecule has 7 rings (SSSR count). The zero-order valence-corrected chi connectivity index (χ0v) is 20.6. The number of fused-ring (bicyclic) bond motifs is 3. The van der Waals surface area contributed by atoms with Gasteiger partial charge >= 0.3 is 6.18 Å². The van der Waals surface area contributed by atoms with Crippen LogP contribution in [-0.2, 0) is 12.6 Å². The van der Waals surface area contributed by atoms with E-state index < -0.39 is 22.0 Å². The largest absolute Gasteiger partial charge is 0.455 e. The van der Waals surface area contributed by atoms with E-state index in [2.05, 4.69) is 21.6 Å². The van der Waals surface area contributed by atoms with E-state index in [1.807, 2.05) is 0 Å². The molecule has 196 valence electrons. The van der Waals surface area contributed by atoms with Gasteiger partial charge in [-0.2, -0.15) is 13.2 Å². The summed E-state index contributed by atoms with van der Waals surface area (Å²) in [7, 11) is -4.94. The summed E-state index contributed by atoms with van der Waals surface area (Å²) in [4.78, 5) is 2.39. The maximum atomic E-state index is 14.5. The minimum atomic E-state index is -4.94. The van der Waals surface area contributed by atoms with Crippen molar-refractivity contribution < 1.29 is 46.8 Å². The highest BCUT2D eigenvalue weighted by molar-refractivity contribution is 5.76. The van der Waals surface area contributed by atoms with Gasteiger partial charge in [-0.1, -0.05) is 18.2 Å². The number of ether oxygens (including phenoxy) is 1. The molecule has 5 heterocycles. The summed E-state index contributed by atoms with van der Waals surface area (Å²) in [6.07, 6.45) is 8.55. The quantitative estimate of drug-likeness (QED) is 0.391. The molecule has 0 saturated carbocycles. The molecule has 37 heavy (non-hydrogen) atoms. The van der Waals surface area contributed by atoms with Crippen LogP contribution in [0.1, 0.15) is 48.8 Å². The maximum Gasteiger partial charge on any atom is 0.417 e. The van der Waals surface area contributed by atoms with Gasteiger partial charge in [-0.3, -0.25) is 0 Å². The van der Waals surface area contributed by atoms with Gasteiger partial charge in [0.25, 0.3) is 0 Å². The van der Waals surface area contributed by atoms with Gasteiger partial charge < -0.3 is 9.64 Å². The first-order chi connectivity index (χ1) is 17.5. The summed E-state index contributed by atoms with van der Waals surface area (Å²) in [6.45, 7) is 3.51. The number of nitrogens with zero attached hydrogens (tertiary/aromatic N) is 2. The van der Waals surface area contributed by atoms with E-state index in [1.165, 1.54) is 11.3 Å². The number of halogens is 4. The van der Waals surface area contributed by atoms with Crippen molar-refractivity contribution in [2.75, 3.05) is 26.2 Å². The number of benzene rings is 1. The molecule has 7 nitrogen and oxygen atoms in total. The second kappa shape index (κ2) is 8.71. The average Bonchev–Trinajstić information content (AvgIpc) is 2.82. The second-order valence-corrected chi connectivity index (χ2v) is 10.7. The molecule has 0 radical (unpaired) electrons. The van der Waals surface area contributed by atoms with Crippen LogP contribution in [0.3, 0.4) is 0 Å². The van der Waals surface area contributed by atoms with Crippen molar-refractivity contribution in [1.29, 1.82) is 0 Å². The highest BCUT2D eigenvalue weighted by Crippen LogP contribution is 2.48. The Morgan fingerprint density at radius 3 is 2.59 bits per heavy atom. The fourth-order valence-electron chi connectivity index (χ4n) is 6.52. The normalized spacial score (nSPS) is 21.5. The Labute approximate surface area is 212 Å². The minimum Gasteiger partial charge on any atom is -0.455 e. The van der Waals surface area contributed by atoms with E-state index in [0.717, 1.165) is 79.7 Å². The zero-order valence-electron chi connectivity index (χ0n) is 19.8.